The minimum atomic E-state index is -5.44. The van der Waals surface area contributed by atoms with Gasteiger partial charge in [0.2, 0.25) is 0 Å². The smallest absolute Gasteiger partial charge is 0.407 e. The van der Waals surface area contributed by atoms with Crippen LogP contribution >= 0.6 is 0 Å². The normalized spacial score (nSPS) is 21.6. The first-order valence-corrected chi connectivity index (χ1v) is 32.6. The van der Waals surface area contributed by atoms with Crippen molar-refractivity contribution in [3.63, 3.8) is 0 Å². The molecule has 0 aromatic heterocycles. The SMILES string of the molecule is CCN(CC)CC.CCN(CC)CC.CCN(CC)CC.[N-]=[N+]=N[C@H]1[C@@H](O[C@H]2[C@H](OCc3ccccc3)[C@@H](OS(=O)(=O)O)[C@H](OCCNC(=O)OCc3ccccc3)O[C@H]2C(=O)O)O[C@H](COS(=O)(=O)O)[C@@H](OCc2ccccc2)[C@@H]1OCc1ccccc1. The molecule has 6 rings (SSSR count). The third kappa shape index (κ3) is 29.8. The van der Waals surface area contributed by atoms with Crippen LogP contribution in [0, 0.1) is 0 Å². The number of carboxylic acids is 1. The van der Waals surface area contributed by atoms with E-state index in [0.717, 1.165) is 0 Å². The topological polar surface area (TPSA) is 326 Å². The van der Waals surface area contributed by atoms with E-state index in [1.54, 1.807) is 121 Å². The zero-order valence-electron chi connectivity index (χ0n) is 52.5. The molecule has 2 fully saturated rings. The van der Waals surface area contributed by atoms with Crippen LogP contribution in [0.3, 0.4) is 0 Å². The molecule has 4 aromatic rings. The molecule has 2 aliphatic heterocycles. The van der Waals surface area contributed by atoms with Gasteiger partial charge in [-0.2, -0.15) is 16.8 Å². The summed E-state index contributed by atoms with van der Waals surface area (Å²) in [5.41, 5.74) is 12.4. The average Bonchev–Trinajstić information content (AvgIpc) is 2.15. The molecule has 0 spiro atoms. The molecule has 1 amide bonds. The highest BCUT2D eigenvalue weighted by atomic mass is 32.3. The summed E-state index contributed by atoms with van der Waals surface area (Å²) in [6.45, 7) is 27.9. The van der Waals surface area contributed by atoms with Crippen molar-refractivity contribution in [2.45, 2.75) is 150 Å². The molecule has 2 heterocycles. The average molecular weight is 1290 g/mol. The molecule has 89 heavy (non-hydrogen) atoms. The number of aliphatic carboxylic acids is 1. The molecule has 4 N–H and O–H groups in total. The van der Waals surface area contributed by atoms with Gasteiger partial charge in [-0.25, -0.2) is 18.0 Å². The van der Waals surface area contributed by atoms with Gasteiger partial charge in [0.15, 0.2) is 24.8 Å². The number of nitrogens with zero attached hydrogens (tertiary/aromatic N) is 6. The van der Waals surface area contributed by atoms with Crippen molar-refractivity contribution in [3.8, 4) is 0 Å². The lowest BCUT2D eigenvalue weighted by Gasteiger charge is -2.48. The molecule has 4 aromatic carbocycles. The van der Waals surface area contributed by atoms with Gasteiger partial charge in [0, 0.05) is 11.5 Å². The monoisotopic (exact) mass is 1290 g/mol. The zero-order valence-corrected chi connectivity index (χ0v) is 54.1. The van der Waals surface area contributed by atoms with Crippen LogP contribution in [-0.2, 0) is 98.3 Å². The molecule has 0 unspecified atom stereocenters. The van der Waals surface area contributed by atoms with E-state index in [2.05, 4.69) is 92.4 Å². The minimum Gasteiger partial charge on any atom is -0.479 e. The fourth-order valence-electron chi connectivity index (χ4n) is 9.16. The predicted molar refractivity (Wildman–Crippen MR) is 333 cm³/mol. The van der Waals surface area contributed by atoms with E-state index in [9.17, 15) is 46.2 Å². The molecule has 0 radical (unpaired) electrons. The van der Waals surface area contributed by atoms with E-state index >= 15 is 0 Å². The Morgan fingerprint density at radius 3 is 1.31 bits per heavy atom. The second-order valence-corrected chi connectivity index (χ2v) is 21.9. The zero-order chi connectivity index (χ0) is 65.6. The lowest BCUT2D eigenvalue weighted by atomic mass is 9.95. The van der Waals surface area contributed by atoms with Gasteiger partial charge >= 0.3 is 32.9 Å². The van der Waals surface area contributed by atoms with Gasteiger partial charge in [-0.3, -0.25) is 9.11 Å². The summed E-state index contributed by atoms with van der Waals surface area (Å²) in [7, 11) is -10.6. The van der Waals surface area contributed by atoms with Crippen molar-refractivity contribution in [1.29, 1.82) is 0 Å². The van der Waals surface area contributed by atoms with Crippen molar-refractivity contribution >= 4 is 32.9 Å². The molecule has 10 atom stereocenters. The fourth-order valence-corrected chi connectivity index (χ4v) is 9.95. The van der Waals surface area contributed by atoms with Gasteiger partial charge in [-0.05, 0) is 86.7 Å². The number of carbonyl (C=O) groups excluding carboxylic acids is 1. The maximum Gasteiger partial charge on any atom is 0.407 e. The first-order valence-electron chi connectivity index (χ1n) is 29.9. The summed E-state index contributed by atoms with van der Waals surface area (Å²) in [4.78, 5) is 35.7. The van der Waals surface area contributed by atoms with Gasteiger partial charge in [0.1, 0.15) is 43.2 Å². The number of amides is 1. The van der Waals surface area contributed by atoms with Crippen LogP contribution in [0.2, 0.25) is 0 Å². The van der Waals surface area contributed by atoms with Crippen LogP contribution in [0.25, 0.3) is 10.4 Å². The standard InChI is InChI=1S/C43H48N4O19S2.3C6H15N/c44-47-46-33-35(59-24-29-15-7-2-8-16-29)34(58-23-28-13-5-1-6-14-28)32(27-62-67(51,52)53)63-41(33)64-37-36(60-25-30-17-9-3-10-18-30)39(66-68(54,55)56)42(65-38(37)40(48)49)57-22-21-45-43(50)61-26-31-19-11-4-12-20-31;3*1-4-7(5-2)6-3/h1-20,32-39,41-42H,21-27H2,(H,45,50)(H,48,49)(H,51,52,53)(H,54,55,56);3*4-6H2,1-3H3/t32-,33-,34-,35-,36+,37+,38-,39-,41-,42-;;;/m1.../s1. The lowest BCUT2D eigenvalue weighted by molar-refractivity contribution is -0.345. The second-order valence-electron chi connectivity index (χ2n) is 19.8. The lowest BCUT2D eigenvalue weighted by Crippen LogP contribution is -2.66. The first-order chi connectivity index (χ1) is 42.7. The van der Waals surface area contributed by atoms with E-state index in [1.807, 2.05) is 0 Å². The Bertz CT molecular complexity index is 2770. The summed E-state index contributed by atoms with van der Waals surface area (Å²) in [6, 6.07) is 32.8. The maximum atomic E-state index is 13.2. The first kappa shape index (κ1) is 77.5. The van der Waals surface area contributed by atoms with Gasteiger partial charge < -0.3 is 63.0 Å². The molecular weight excluding hydrogens is 1200 g/mol. The Hall–Kier alpha value is -5.73. The van der Waals surface area contributed by atoms with Crippen molar-refractivity contribution in [2.75, 3.05) is 78.7 Å². The Morgan fingerprint density at radius 2 is 0.944 bits per heavy atom. The molecule has 2 aliphatic rings. The molecule has 0 aliphatic carbocycles. The fraction of sp³-hybridized carbons (Fsp3) is 0.574. The molecule has 498 valence electrons. The predicted octanol–water partition coefficient (Wildman–Crippen LogP) is 8.34. The number of azide groups is 1. The van der Waals surface area contributed by atoms with Gasteiger partial charge in [-0.15, -0.1) is 0 Å². The number of benzene rings is 4. The number of hydrogen-bond donors (Lipinski definition) is 4. The van der Waals surface area contributed by atoms with E-state index in [4.69, 9.17) is 46.3 Å². The van der Waals surface area contributed by atoms with Crippen LogP contribution in [0.4, 0.5) is 4.79 Å². The van der Waals surface area contributed by atoms with Crippen molar-refractivity contribution < 1.29 is 86.9 Å². The third-order valence-corrected chi connectivity index (χ3v) is 15.1. The molecular formula is C61H93N7O19S2. The molecule has 2 saturated heterocycles. The number of hydrogen-bond acceptors (Lipinski definition) is 20. The quantitative estimate of drug-likeness (QED) is 0.0114. The highest BCUT2D eigenvalue weighted by Gasteiger charge is 2.57. The van der Waals surface area contributed by atoms with E-state index in [0.29, 0.717) is 22.3 Å². The Kier molecular flexibility index (Phi) is 37.5. The number of ether oxygens (including phenoxy) is 8. The summed E-state index contributed by atoms with van der Waals surface area (Å²) < 4.78 is 126. The van der Waals surface area contributed by atoms with Gasteiger partial charge in [-0.1, -0.05) is 189 Å². The molecule has 0 saturated carbocycles. The summed E-state index contributed by atoms with van der Waals surface area (Å²) in [5, 5.41) is 17.0. The highest BCUT2D eigenvalue weighted by Crippen LogP contribution is 2.37. The van der Waals surface area contributed by atoms with Crippen LogP contribution in [0.1, 0.15) is 84.6 Å². The van der Waals surface area contributed by atoms with Crippen molar-refractivity contribution in [3.05, 3.63) is 154 Å². The third-order valence-electron chi connectivity index (χ3n) is 14.2. The maximum absolute atomic E-state index is 13.2. The molecule has 28 heteroatoms. The van der Waals surface area contributed by atoms with E-state index < -0.39 is 107 Å². The van der Waals surface area contributed by atoms with Gasteiger partial charge in [0.25, 0.3) is 0 Å². The van der Waals surface area contributed by atoms with Crippen molar-refractivity contribution in [2.24, 2.45) is 5.11 Å². The second kappa shape index (κ2) is 43.1. The van der Waals surface area contributed by atoms with E-state index in [1.165, 1.54) is 58.9 Å². The molecule has 26 nitrogen and oxygen atoms in total. The number of rotatable bonds is 33. The number of nitrogens with one attached hydrogen (secondary N) is 1. The number of alkyl carbamates (subject to hydrolysis) is 1. The van der Waals surface area contributed by atoms with Crippen LogP contribution in [0.15, 0.2) is 126 Å². The van der Waals surface area contributed by atoms with Crippen molar-refractivity contribution in [1.82, 2.24) is 20.0 Å². The Morgan fingerprint density at radius 1 is 0.539 bits per heavy atom. The number of carboxylic acid groups (broad SMARTS) is 1. The summed E-state index contributed by atoms with van der Waals surface area (Å²) in [5.74, 6) is -1.73. The molecule has 0 bridgehead atoms. The van der Waals surface area contributed by atoms with Crippen LogP contribution < -0.4 is 5.32 Å². The highest BCUT2D eigenvalue weighted by molar-refractivity contribution is 7.81. The van der Waals surface area contributed by atoms with Gasteiger partial charge in [0.05, 0.1) is 33.0 Å². The largest absolute Gasteiger partial charge is 0.479 e. The Balaban J connectivity index is 0.000000841. The van der Waals surface area contributed by atoms with Crippen LogP contribution in [-0.4, -0.2) is 198 Å². The Labute approximate surface area is 525 Å². The minimum absolute atomic E-state index is 0.0630. The number of carbonyl (C=O) groups is 2. The van der Waals surface area contributed by atoms with Crippen LogP contribution in [0.5, 0.6) is 0 Å². The summed E-state index contributed by atoms with van der Waals surface area (Å²) >= 11 is 0. The summed E-state index contributed by atoms with van der Waals surface area (Å²) in [6.07, 6.45) is -17.3. The van der Waals surface area contributed by atoms with E-state index in [-0.39, 0.29) is 33.0 Å².